The first kappa shape index (κ1) is 13.5. The molecule has 5 heteroatoms. The number of nitrogens with zero attached hydrogens (tertiary/aromatic N) is 1. The number of rotatable bonds is 2. The third kappa shape index (κ3) is 2.22. The molecule has 1 saturated heterocycles. The summed E-state index contributed by atoms with van der Waals surface area (Å²) in [6.07, 6.45) is 5.78. The lowest BCUT2D eigenvalue weighted by Crippen LogP contribution is -2.41. The van der Waals surface area contributed by atoms with Crippen LogP contribution in [0, 0.1) is 5.82 Å². The third-order valence-electron chi connectivity index (χ3n) is 4.58. The fraction of sp³-hybridized carbons (Fsp3) is 0.353. The van der Waals surface area contributed by atoms with E-state index in [1.54, 1.807) is 0 Å². The molecule has 1 aromatic heterocycles. The number of hydrogen-bond acceptors (Lipinski definition) is 3. The Labute approximate surface area is 127 Å². The lowest BCUT2D eigenvalue weighted by Gasteiger charge is -2.29. The lowest BCUT2D eigenvalue weighted by molar-refractivity contribution is -0.142. The Morgan fingerprint density at radius 2 is 2.27 bits per heavy atom. The molecule has 1 N–H and O–H groups in total. The van der Waals surface area contributed by atoms with Crippen molar-refractivity contribution in [3.8, 4) is 0 Å². The normalized spacial score (nSPS) is 22.9. The molecule has 3 heterocycles. The van der Waals surface area contributed by atoms with Gasteiger partial charge in [-0.05, 0) is 30.2 Å². The molecule has 0 amide bonds. The van der Waals surface area contributed by atoms with E-state index in [9.17, 15) is 9.18 Å². The zero-order valence-electron chi connectivity index (χ0n) is 12.1. The van der Waals surface area contributed by atoms with Crippen molar-refractivity contribution in [2.24, 2.45) is 0 Å². The van der Waals surface area contributed by atoms with E-state index < -0.39 is 0 Å². The monoisotopic (exact) mass is 300 g/mol. The number of ether oxygens (including phenoxy) is 1. The predicted molar refractivity (Wildman–Crippen MR) is 81.8 cm³/mol. The van der Waals surface area contributed by atoms with Crippen molar-refractivity contribution in [1.29, 1.82) is 0 Å². The molecule has 22 heavy (non-hydrogen) atoms. The van der Waals surface area contributed by atoms with Crippen molar-refractivity contribution in [2.75, 3.05) is 19.7 Å². The van der Waals surface area contributed by atoms with Gasteiger partial charge in [0.2, 0.25) is 0 Å². The quantitative estimate of drug-likeness (QED) is 0.867. The van der Waals surface area contributed by atoms with Crippen molar-refractivity contribution in [2.45, 2.75) is 18.9 Å². The summed E-state index contributed by atoms with van der Waals surface area (Å²) in [5.41, 5.74) is 3.20. The van der Waals surface area contributed by atoms with E-state index in [4.69, 9.17) is 4.74 Å². The average Bonchev–Trinajstić information content (AvgIpc) is 3.13. The molecule has 2 aliphatic rings. The molecule has 0 aliphatic carbocycles. The highest BCUT2D eigenvalue weighted by Gasteiger charge is 2.33. The lowest BCUT2D eigenvalue weighted by atomic mass is 9.98. The van der Waals surface area contributed by atoms with Crippen molar-refractivity contribution in [1.82, 2.24) is 9.88 Å². The van der Waals surface area contributed by atoms with E-state index in [0.717, 1.165) is 42.4 Å². The molecule has 114 valence electrons. The van der Waals surface area contributed by atoms with Gasteiger partial charge in [0.15, 0.2) is 0 Å². The Morgan fingerprint density at radius 3 is 3.00 bits per heavy atom. The van der Waals surface area contributed by atoms with Gasteiger partial charge in [-0.2, -0.15) is 0 Å². The van der Waals surface area contributed by atoms with E-state index in [1.165, 1.54) is 17.7 Å². The van der Waals surface area contributed by atoms with Crippen molar-refractivity contribution in [3.63, 3.8) is 0 Å². The molecule has 1 aromatic carbocycles. The van der Waals surface area contributed by atoms with Crippen LogP contribution < -0.4 is 0 Å². The maximum Gasteiger partial charge on any atom is 0.323 e. The Hall–Kier alpha value is -2.14. The second kappa shape index (κ2) is 5.25. The predicted octanol–water partition coefficient (Wildman–Crippen LogP) is 2.71. The van der Waals surface area contributed by atoms with Crippen LogP contribution in [0.3, 0.4) is 0 Å². The molecule has 2 aliphatic heterocycles. The van der Waals surface area contributed by atoms with Crippen molar-refractivity contribution < 1.29 is 13.9 Å². The zero-order chi connectivity index (χ0) is 15.1. The van der Waals surface area contributed by atoms with Crippen molar-refractivity contribution in [3.05, 3.63) is 41.9 Å². The summed E-state index contributed by atoms with van der Waals surface area (Å²) < 4.78 is 18.3. The topological polar surface area (TPSA) is 45.3 Å². The first-order valence-electron chi connectivity index (χ1n) is 7.59. The van der Waals surface area contributed by atoms with Crippen molar-refractivity contribution >= 4 is 22.4 Å². The number of H-pyrrole nitrogens is 1. The number of fused-ring (bicyclic) bond motifs is 1. The van der Waals surface area contributed by atoms with E-state index in [0.29, 0.717) is 6.61 Å². The number of halogens is 1. The molecular formula is C17H17FN2O2. The smallest absolute Gasteiger partial charge is 0.323 e. The summed E-state index contributed by atoms with van der Waals surface area (Å²) in [5, 5.41) is 1.04. The van der Waals surface area contributed by atoms with Crippen LogP contribution in [0.25, 0.3) is 16.5 Å². The van der Waals surface area contributed by atoms with Gasteiger partial charge in [0.25, 0.3) is 0 Å². The van der Waals surface area contributed by atoms with Crippen LogP contribution in [0.4, 0.5) is 4.39 Å². The largest absolute Gasteiger partial charge is 0.464 e. The molecule has 1 fully saturated rings. The second-order valence-corrected chi connectivity index (χ2v) is 5.84. The maximum absolute atomic E-state index is 13.3. The highest BCUT2D eigenvalue weighted by molar-refractivity contribution is 5.92. The van der Waals surface area contributed by atoms with Gasteiger partial charge in [0.1, 0.15) is 11.9 Å². The summed E-state index contributed by atoms with van der Waals surface area (Å²) >= 11 is 0. The number of carbonyl (C=O) groups excluding carboxylic acids is 1. The Bertz CT molecular complexity index is 765. The molecule has 0 radical (unpaired) electrons. The molecule has 1 atom stereocenters. The van der Waals surface area contributed by atoms with E-state index in [-0.39, 0.29) is 17.8 Å². The molecule has 4 nitrogen and oxygen atoms in total. The van der Waals surface area contributed by atoms with E-state index in [1.807, 2.05) is 12.3 Å². The summed E-state index contributed by atoms with van der Waals surface area (Å²) in [5.74, 6) is -0.330. The van der Waals surface area contributed by atoms with Crippen LogP contribution in [0.5, 0.6) is 0 Å². The van der Waals surface area contributed by atoms with Gasteiger partial charge in [-0.25, -0.2) is 4.39 Å². The van der Waals surface area contributed by atoms with Gasteiger partial charge >= 0.3 is 5.97 Å². The number of esters is 1. The number of carbonyl (C=O) groups is 1. The van der Waals surface area contributed by atoms with Gasteiger partial charge in [-0.3, -0.25) is 9.69 Å². The van der Waals surface area contributed by atoms with Gasteiger partial charge in [-0.15, -0.1) is 0 Å². The van der Waals surface area contributed by atoms with Crippen LogP contribution in [-0.4, -0.2) is 41.6 Å². The van der Waals surface area contributed by atoms with E-state index >= 15 is 0 Å². The van der Waals surface area contributed by atoms with Crippen LogP contribution in [-0.2, 0) is 9.53 Å². The number of nitrogens with one attached hydrogen (secondary N) is 1. The summed E-state index contributed by atoms with van der Waals surface area (Å²) in [4.78, 5) is 17.0. The third-order valence-corrected chi connectivity index (χ3v) is 4.58. The standard InChI is InChI=1S/C17H17FN2O2/c18-12-1-2-13-14(10-19-15(13)9-12)11-3-6-20(7-4-11)16-5-8-22-17(16)21/h1-3,9-10,16,19H,4-8H2. The molecule has 0 bridgehead atoms. The first-order chi connectivity index (χ1) is 10.7. The highest BCUT2D eigenvalue weighted by Crippen LogP contribution is 2.30. The SMILES string of the molecule is O=C1OCCC1N1CC=C(c2c[nH]c3cc(F)ccc23)CC1. The van der Waals surface area contributed by atoms with Gasteiger partial charge in [0, 0.05) is 42.2 Å². The minimum absolute atomic E-state index is 0.0881. The van der Waals surface area contributed by atoms with Crippen LogP contribution >= 0.6 is 0 Å². The minimum Gasteiger partial charge on any atom is -0.464 e. The van der Waals surface area contributed by atoms with Gasteiger partial charge in [0.05, 0.1) is 6.61 Å². The molecular weight excluding hydrogens is 283 g/mol. The zero-order valence-corrected chi connectivity index (χ0v) is 12.1. The fourth-order valence-electron chi connectivity index (χ4n) is 3.39. The number of benzene rings is 1. The van der Waals surface area contributed by atoms with E-state index in [2.05, 4.69) is 16.0 Å². The Morgan fingerprint density at radius 1 is 1.36 bits per heavy atom. The van der Waals surface area contributed by atoms with Gasteiger partial charge in [-0.1, -0.05) is 6.08 Å². The van der Waals surface area contributed by atoms with Crippen LogP contribution in [0.2, 0.25) is 0 Å². The second-order valence-electron chi connectivity index (χ2n) is 5.84. The summed E-state index contributed by atoms with van der Waals surface area (Å²) in [6, 6.07) is 4.74. The molecule has 2 aromatic rings. The molecule has 1 unspecified atom stereocenters. The van der Waals surface area contributed by atoms with Crippen LogP contribution in [0.15, 0.2) is 30.5 Å². The number of cyclic esters (lactones) is 1. The number of aromatic nitrogens is 1. The Kier molecular flexibility index (Phi) is 3.22. The van der Waals surface area contributed by atoms with Gasteiger partial charge < -0.3 is 9.72 Å². The highest BCUT2D eigenvalue weighted by atomic mass is 19.1. The number of aromatic amines is 1. The maximum atomic E-state index is 13.3. The molecule has 4 rings (SSSR count). The molecule has 0 saturated carbocycles. The minimum atomic E-state index is -0.232. The average molecular weight is 300 g/mol. The first-order valence-corrected chi connectivity index (χ1v) is 7.59. The molecule has 0 spiro atoms. The Balaban J connectivity index is 1.58. The van der Waals surface area contributed by atoms with Crippen LogP contribution in [0.1, 0.15) is 18.4 Å². The number of hydrogen-bond donors (Lipinski definition) is 1. The summed E-state index contributed by atoms with van der Waals surface area (Å²) in [6.45, 7) is 2.13. The summed E-state index contributed by atoms with van der Waals surface area (Å²) in [7, 11) is 0. The fourth-order valence-corrected chi connectivity index (χ4v) is 3.39.